The van der Waals surface area contributed by atoms with Gasteiger partial charge in [0.25, 0.3) is 0 Å². The lowest BCUT2D eigenvalue weighted by Gasteiger charge is -2.13. The van der Waals surface area contributed by atoms with Crippen molar-refractivity contribution in [1.29, 1.82) is 5.26 Å². The third-order valence-electron chi connectivity index (χ3n) is 1.85. The Hall–Kier alpha value is -1.04. The number of nitriles is 1. The lowest BCUT2D eigenvalue weighted by molar-refractivity contribution is -0.120. The first-order valence-corrected chi connectivity index (χ1v) is 3.42. The molecule has 0 aliphatic carbocycles. The summed E-state index contributed by atoms with van der Waals surface area (Å²) in [6.07, 6.45) is 3.83. The largest absolute Gasteiger partial charge is 0.300 e. The SMILES string of the molecule is CC(=O)[C@@H]1CCCN1C#N. The first-order valence-electron chi connectivity index (χ1n) is 3.42. The van der Waals surface area contributed by atoms with E-state index in [1.54, 1.807) is 11.8 Å². The van der Waals surface area contributed by atoms with Gasteiger partial charge in [-0.3, -0.25) is 4.79 Å². The van der Waals surface area contributed by atoms with Gasteiger partial charge in [0.2, 0.25) is 0 Å². The highest BCUT2D eigenvalue weighted by molar-refractivity contribution is 5.81. The number of hydrogen-bond acceptors (Lipinski definition) is 3. The molecule has 1 atom stereocenters. The van der Waals surface area contributed by atoms with Gasteiger partial charge in [-0.25, -0.2) is 0 Å². The Kier molecular flexibility index (Phi) is 1.91. The maximum Gasteiger partial charge on any atom is 0.179 e. The fourth-order valence-corrected chi connectivity index (χ4v) is 1.31. The Labute approximate surface area is 60.2 Å². The van der Waals surface area contributed by atoms with Crippen molar-refractivity contribution in [2.45, 2.75) is 25.8 Å². The van der Waals surface area contributed by atoms with E-state index in [4.69, 9.17) is 5.26 Å². The van der Waals surface area contributed by atoms with E-state index >= 15 is 0 Å². The minimum atomic E-state index is -0.120. The second kappa shape index (κ2) is 2.70. The zero-order valence-electron chi connectivity index (χ0n) is 6.00. The Bertz CT molecular complexity index is 183. The van der Waals surface area contributed by atoms with Crippen molar-refractivity contribution >= 4 is 5.78 Å². The second-order valence-electron chi connectivity index (χ2n) is 2.56. The average Bonchev–Trinajstić information content (AvgIpc) is 2.33. The topological polar surface area (TPSA) is 44.1 Å². The van der Waals surface area contributed by atoms with Gasteiger partial charge in [0.15, 0.2) is 12.0 Å². The summed E-state index contributed by atoms with van der Waals surface area (Å²) < 4.78 is 0. The molecule has 1 aliphatic rings. The Morgan fingerprint density at radius 2 is 2.50 bits per heavy atom. The Balaban J connectivity index is 2.61. The molecule has 0 saturated carbocycles. The molecule has 1 rings (SSSR count). The van der Waals surface area contributed by atoms with Crippen molar-refractivity contribution in [2.75, 3.05) is 6.54 Å². The number of rotatable bonds is 1. The standard InChI is InChI=1S/C7H10N2O/c1-6(10)7-3-2-4-9(7)5-8/h7H,2-4H2,1H3/t7-/m0/s1. The highest BCUT2D eigenvalue weighted by Crippen LogP contribution is 2.15. The van der Waals surface area contributed by atoms with Crippen molar-refractivity contribution in [1.82, 2.24) is 4.90 Å². The zero-order valence-corrected chi connectivity index (χ0v) is 6.00. The molecule has 1 fully saturated rings. The molecule has 0 amide bonds. The van der Waals surface area contributed by atoms with Crippen molar-refractivity contribution in [2.24, 2.45) is 0 Å². The molecule has 1 aliphatic heterocycles. The van der Waals surface area contributed by atoms with E-state index in [2.05, 4.69) is 0 Å². The van der Waals surface area contributed by atoms with E-state index in [0.29, 0.717) is 0 Å². The van der Waals surface area contributed by atoms with Crippen LogP contribution in [0.3, 0.4) is 0 Å². The molecule has 0 spiro atoms. The Morgan fingerprint density at radius 1 is 1.80 bits per heavy atom. The minimum absolute atomic E-state index is 0.110. The van der Waals surface area contributed by atoms with Gasteiger partial charge in [0.1, 0.15) is 0 Å². The maximum absolute atomic E-state index is 10.8. The summed E-state index contributed by atoms with van der Waals surface area (Å²) in [5.74, 6) is 0.110. The average molecular weight is 138 g/mol. The van der Waals surface area contributed by atoms with Gasteiger partial charge in [0.05, 0.1) is 6.04 Å². The van der Waals surface area contributed by atoms with Crippen LogP contribution in [0.15, 0.2) is 0 Å². The summed E-state index contributed by atoms with van der Waals surface area (Å²) in [6.45, 7) is 2.29. The smallest absolute Gasteiger partial charge is 0.179 e. The van der Waals surface area contributed by atoms with Crippen LogP contribution in [0.2, 0.25) is 0 Å². The van der Waals surface area contributed by atoms with E-state index in [1.165, 1.54) is 0 Å². The van der Waals surface area contributed by atoms with Gasteiger partial charge < -0.3 is 4.90 Å². The number of ketones is 1. The van der Waals surface area contributed by atoms with E-state index in [9.17, 15) is 4.79 Å². The molecule has 0 radical (unpaired) electrons. The number of hydrogen-bond donors (Lipinski definition) is 0. The molecule has 0 aromatic heterocycles. The second-order valence-corrected chi connectivity index (χ2v) is 2.56. The van der Waals surface area contributed by atoms with Gasteiger partial charge in [0, 0.05) is 6.54 Å². The van der Waals surface area contributed by atoms with Crippen LogP contribution in [0.5, 0.6) is 0 Å². The minimum Gasteiger partial charge on any atom is -0.300 e. The first kappa shape index (κ1) is 7.07. The third kappa shape index (κ3) is 1.10. The molecule has 0 bridgehead atoms. The third-order valence-corrected chi connectivity index (χ3v) is 1.85. The summed E-state index contributed by atoms with van der Waals surface area (Å²) in [5, 5.41) is 8.51. The molecule has 3 heteroatoms. The summed E-state index contributed by atoms with van der Waals surface area (Å²) in [6, 6.07) is -0.120. The van der Waals surface area contributed by atoms with Gasteiger partial charge in [-0.15, -0.1) is 0 Å². The van der Waals surface area contributed by atoms with Gasteiger partial charge in [-0.2, -0.15) is 5.26 Å². The summed E-state index contributed by atoms with van der Waals surface area (Å²) in [7, 11) is 0. The zero-order chi connectivity index (χ0) is 7.56. The van der Waals surface area contributed by atoms with E-state index in [-0.39, 0.29) is 11.8 Å². The normalized spacial score (nSPS) is 24.4. The molecule has 0 aromatic rings. The van der Waals surface area contributed by atoms with E-state index < -0.39 is 0 Å². The van der Waals surface area contributed by atoms with Crippen LogP contribution in [0, 0.1) is 11.5 Å². The number of Topliss-reactive ketones (excluding diaryl/α,β-unsaturated/α-hetero) is 1. The van der Waals surface area contributed by atoms with Crippen LogP contribution in [0.25, 0.3) is 0 Å². The highest BCUT2D eigenvalue weighted by Gasteiger charge is 2.26. The predicted molar refractivity (Wildman–Crippen MR) is 36.0 cm³/mol. The van der Waals surface area contributed by atoms with Crippen LogP contribution in [0.4, 0.5) is 0 Å². The summed E-state index contributed by atoms with van der Waals surface area (Å²) >= 11 is 0. The first-order chi connectivity index (χ1) is 4.75. The van der Waals surface area contributed by atoms with Crippen LogP contribution in [-0.2, 0) is 4.79 Å². The quantitative estimate of drug-likeness (QED) is 0.496. The van der Waals surface area contributed by atoms with Crippen LogP contribution >= 0.6 is 0 Å². The number of likely N-dealkylation sites (tertiary alicyclic amines) is 1. The number of carbonyl (C=O) groups excluding carboxylic acids is 1. The van der Waals surface area contributed by atoms with Crippen molar-refractivity contribution in [3.8, 4) is 6.19 Å². The van der Waals surface area contributed by atoms with Crippen molar-refractivity contribution < 1.29 is 4.79 Å². The van der Waals surface area contributed by atoms with Crippen molar-refractivity contribution in [3.63, 3.8) is 0 Å². The van der Waals surface area contributed by atoms with Crippen molar-refractivity contribution in [3.05, 3.63) is 0 Å². The molecule has 0 aromatic carbocycles. The summed E-state index contributed by atoms with van der Waals surface area (Å²) in [5.41, 5.74) is 0. The van der Waals surface area contributed by atoms with Gasteiger partial charge in [-0.1, -0.05) is 0 Å². The summed E-state index contributed by atoms with van der Waals surface area (Å²) in [4.78, 5) is 12.4. The fourth-order valence-electron chi connectivity index (χ4n) is 1.31. The van der Waals surface area contributed by atoms with Crippen LogP contribution < -0.4 is 0 Å². The predicted octanol–water partition coefficient (Wildman–Crippen LogP) is 0.521. The molecule has 0 N–H and O–H groups in total. The molecule has 54 valence electrons. The van der Waals surface area contributed by atoms with E-state index in [1.807, 2.05) is 6.19 Å². The van der Waals surface area contributed by atoms with E-state index in [0.717, 1.165) is 19.4 Å². The molecule has 3 nitrogen and oxygen atoms in total. The molecular weight excluding hydrogens is 128 g/mol. The van der Waals surface area contributed by atoms with Crippen LogP contribution in [-0.4, -0.2) is 23.3 Å². The monoisotopic (exact) mass is 138 g/mol. The molecule has 10 heavy (non-hydrogen) atoms. The molecule has 0 unspecified atom stereocenters. The maximum atomic E-state index is 10.8. The molecular formula is C7H10N2O. The number of nitrogens with zero attached hydrogens (tertiary/aromatic N) is 2. The van der Waals surface area contributed by atoms with Gasteiger partial charge >= 0.3 is 0 Å². The fraction of sp³-hybridized carbons (Fsp3) is 0.714. The molecule has 1 saturated heterocycles. The molecule has 1 heterocycles. The Morgan fingerprint density at radius 3 is 2.90 bits per heavy atom. The highest BCUT2D eigenvalue weighted by atomic mass is 16.1. The van der Waals surface area contributed by atoms with Gasteiger partial charge in [-0.05, 0) is 19.8 Å². The number of carbonyl (C=O) groups is 1. The lowest BCUT2D eigenvalue weighted by atomic mass is 10.1. The lowest BCUT2D eigenvalue weighted by Crippen LogP contribution is -2.30. The van der Waals surface area contributed by atoms with Crippen LogP contribution in [0.1, 0.15) is 19.8 Å².